The van der Waals surface area contributed by atoms with E-state index in [1.807, 2.05) is 44.6 Å². The number of primary amides is 1. The van der Waals surface area contributed by atoms with Crippen LogP contribution < -0.4 is 20.6 Å². The van der Waals surface area contributed by atoms with Gasteiger partial charge in [-0.05, 0) is 25.1 Å². The molecule has 124 valence electrons. The molecule has 0 spiro atoms. The van der Waals surface area contributed by atoms with E-state index in [4.69, 9.17) is 16.2 Å². The van der Waals surface area contributed by atoms with Gasteiger partial charge in [-0.15, -0.1) is 0 Å². The van der Waals surface area contributed by atoms with E-state index in [0.29, 0.717) is 16.8 Å². The van der Waals surface area contributed by atoms with Crippen LogP contribution in [0.4, 0.5) is 5.82 Å². The molecule has 1 aromatic carbocycles. The second-order valence-corrected chi connectivity index (χ2v) is 6.07. The lowest BCUT2D eigenvalue weighted by atomic mass is 10.1. The number of hydrogen-bond donors (Lipinski definition) is 2. The van der Waals surface area contributed by atoms with Crippen molar-refractivity contribution >= 4 is 39.3 Å². The second kappa shape index (κ2) is 4.29. The van der Waals surface area contributed by atoms with Crippen molar-refractivity contribution in [2.75, 3.05) is 12.8 Å². The molecular formula is C17H15N6O2+. The topological polar surface area (TPSA) is 104 Å². The van der Waals surface area contributed by atoms with Gasteiger partial charge in [0, 0.05) is 16.0 Å². The average Bonchev–Trinajstić information content (AvgIpc) is 3.13. The molecule has 0 saturated heterocycles. The number of pyridine rings is 1. The third-order valence-electron chi connectivity index (χ3n) is 4.87. The molecule has 0 radical (unpaired) electrons. The summed E-state index contributed by atoms with van der Waals surface area (Å²) >= 11 is 0. The van der Waals surface area contributed by atoms with Gasteiger partial charge in [-0.3, -0.25) is 9.20 Å². The Kier molecular flexibility index (Phi) is 2.38. The Bertz CT molecular complexity index is 1330. The number of hydrogen-bond acceptors (Lipinski definition) is 4. The molecule has 8 heteroatoms. The van der Waals surface area contributed by atoms with Gasteiger partial charge < -0.3 is 16.2 Å². The fourth-order valence-electron chi connectivity index (χ4n) is 3.81. The van der Waals surface area contributed by atoms with Crippen LogP contribution in [-0.2, 0) is 0 Å². The second-order valence-electron chi connectivity index (χ2n) is 6.07. The lowest BCUT2D eigenvalue weighted by molar-refractivity contribution is -0.511. The summed E-state index contributed by atoms with van der Waals surface area (Å²) < 4.78 is 11.1. The number of nitrogen functional groups attached to an aromatic ring is 1. The highest BCUT2D eigenvalue weighted by molar-refractivity contribution is 6.15. The monoisotopic (exact) mass is 335 g/mol. The Hall–Kier alpha value is -3.55. The average molecular weight is 335 g/mol. The summed E-state index contributed by atoms with van der Waals surface area (Å²) in [5, 5.41) is 5.21. The number of aromatic nitrogens is 4. The highest BCUT2D eigenvalue weighted by Crippen LogP contribution is 2.36. The van der Waals surface area contributed by atoms with Crippen LogP contribution in [0.25, 0.3) is 27.6 Å². The van der Waals surface area contributed by atoms with E-state index < -0.39 is 5.91 Å². The van der Waals surface area contributed by atoms with E-state index in [2.05, 4.69) is 5.10 Å². The highest BCUT2D eigenvalue weighted by Gasteiger charge is 2.29. The van der Waals surface area contributed by atoms with Crippen molar-refractivity contribution in [3.63, 3.8) is 0 Å². The predicted octanol–water partition coefficient (Wildman–Crippen LogP) is 0.915. The molecule has 4 N–H and O–H groups in total. The number of methoxy groups -OCH3 is 1. The maximum atomic E-state index is 12.1. The summed E-state index contributed by atoms with van der Waals surface area (Å²) in [4.78, 5) is 12.1. The van der Waals surface area contributed by atoms with Crippen LogP contribution in [0.2, 0.25) is 0 Å². The predicted molar refractivity (Wildman–Crippen MR) is 92.2 cm³/mol. The Morgan fingerprint density at radius 3 is 2.80 bits per heavy atom. The van der Waals surface area contributed by atoms with Gasteiger partial charge in [-0.2, -0.15) is 0 Å². The molecule has 0 fully saturated rings. The third kappa shape index (κ3) is 1.44. The van der Waals surface area contributed by atoms with Crippen LogP contribution in [0.3, 0.4) is 0 Å². The van der Waals surface area contributed by atoms with E-state index in [1.165, 1.54) is 0 Å². The lowest BCUT2D eigenvalue weighted by Gasteiger charge is -2.11. The van der Waals surface area contributed by atoms with Crippen LogP contribution in [0.5, 0.6) is 5.75 Å². The maximum Gasteiger partial charge on any atom is 0.295 e. The molecule has 0 unspecified atom stereocenters. The lowest BCUT2D eigenvalue weighted by Crippen LogP contribution is -2.19. The van der Waals surface area contributed by atoms with Gasteiger partial charge in [0.05, 0.1) is 24.4 Å². The van der Waals surface area contributed by atoms with Gasteiger partial charge >= 0.3 is 0 Å². The first-order valence-corrected chi connectivity index (χ1v) is 7.74. The molecule has 0 atom stereocenters. The van der Waals surface area contributed by atoms with Gasteiger partial charge in [0.1, 0.15) is 17.1 Å². The zero-order valence-corrected chi connectivity index (χ0v) is 13.6. The molecule has 5 rings (SSSR count). The number of aryl methyl sites for hydroxylation is 1. The Morgan fingerprint density at radius 2 is 2.08 bits per heavy atom. The number of carbonyl (C=O) groups excluding carboxylic acids is 1. The number of anilines is 1. The van der Waals surface area contributed by atoms with Crippen molar-refractivity contribution in [1.82, 2.24) is 14.0 Å². The minimum absolute atomic E-state index is 0.320. The van der Waals surface area contributed by atoms with Crippen LogP contribution in [0.15, 0.2) is 30.7 Å². The SMILES string of the molecule is COc1ccc2c(c1C)n1c(N)c(C(N)=O)c3cc[n+]4cnn2c4c31. The molecule has 8 nitrogen and oxygen atoms in total. The first kappa shape index (κ1) is 13.8. The van der Waals surface area contributed by atoms with Crippen LogP contribution >= 0.6 is 0 Å². The Morgan fingerprint density at radius 1 is 1.28 bits per heavy atom. The van der Waals surface area contributed by atoms with Crippen molar-refractivity contribution in [3.05, 3.63) is 41.9 Å². The number of fused-ring (bicyclic) bond motifs is 3. The maximum absolute atomic E-state index is 12.1. The first-order valence-electron chi connectivity index (χ1n) is 7.74. The van der Waals surface area contributed by atoms with Crippen LogP contribution in [0.1, 0.15) is 15.9 Å². The van der Waals surface area contributed by atoms with Gasteiger partial charge in [0.2, 0.25) is 0 Å². The van der Waals surface area contributed by atoms with Gasteiger partial charge in [0.25, 0.3) is 17.9 Å². The number of ether oxygens (including phenoxy) is 1. The number of nitrogens with two attached hydrogens (primary N) is 2. The van der Waals surface area contributed by atoms with Gasteiger partial charge in [0.15, 0.2) is 5.52 Å². The third-order valence-corrected chi connectivity index (χ3v) is 4.87. The summed E-state index contributed by atoms with van der Waals surface area (Å²) in [5.41, 5.74) is 16.5. The summed E-state index contributed by atoms with van der Waals surface area (Å²) in [6.07, 6.45) is 3.57. The zero-order valence-electron chi connectivity index (χ0n) is 13.6. The number of benzene rings is 1. The van der Waals surface area contributed by atoms with E-state index in [9.17, 15) is 4.79 Å². The fourth-order valence-corrected chi connectivity index (χ4v) is 3.81. The van der Waals surface area contributed by atoms with Crippen LogP contribution in [-0.4, -0.2) is 27.0 Å². The summed E-state index contributed by atoms with van der Waals surface area (Å²) in [6.45, 7) is 1.95. The van der Waals surface area contributed by atoms with Crippen molar-refractivity contribution in [2.45, 2.75) is 6.92 Å². The molecule has 0 aliphatic rings. The normalized spacial score (nSPS) is 12.1. The largest absolute Gasteiger partial charge is 0.496 e. The molecule has 5 aromatic rings. The van der Waals surface area contributed by atoms with Crippen molar-refractivity contribution in [2.24, 2.45) is 5.73 Å². The molecule has 0 bridgehead atoms. The van der Waals surface area contributed by atoms with Crippen molar-refractivity contribution < 1.29 is 13.9 Å². The number of amides is 1. The van der Waals surface area contributed by atoms with Crippen LogP contribution in [0, 0.1) is 6.92 Å². The summed E-state index contributed by atoms with van der Waals surface area (Å²) in [5.74, 6) is 0.498. The number of carbonyl (C=O) groups is 1. The molecule has 25 heavy (non-hydrogen) atoms. The highest BCUT2D eigenvalue weighted by atomic mass is 16.5. The smallest absolute Gasteiger partial charge is 0.295 e. The standard InChI is InChI=1S/C17H14N6O2/c1-8-11(25-2)4-3-10-13(8)22-14-9(12(15(22)18)16(19)24)5-6-21-7-20-23(10)17(14)21/h3-7,18H,1-2H3,(H2,19,24)/p+1. The Balaban J connectivity index is 2.23. The molecule has 0 aliphatic heterocycles. The van der Waals surface area contributed by atoms with E-state index in [-0.39, 0.29) is 0 Å². The molecule has 4 aromatic heterocycles. The fraction of sp³-hybridized carbons (Fsp3) is 0.118. The van der Waals surface area contributed by atoms with E-state index >= 15 is 0 Å². The van der Waals surface area contributed by atoms with E-state index in [1.54, 1.807) is 13.4 Å². The number of rotatable bonds is 2. The Labute approximate surface area is 141 Å². The molecule has 4 heterocycles. The van der Waals surface area contributed by atoms with E-state index in [0.717, 1.165) is 33.5 Å². The first-order chi connectivity index (χ1) is 12.0. The van der Waals surface area contributed by atoms with Gasteiger partial charge in [-0.1, -0.05) is 4.52 Å². The number of nitrogens with zero attached hydrogens (tertiary/aromatic N) is 4. The summed E-state index contributed by atoms with van der Waals surface area (Å²) in [6, 6.07) is 5.66. The quantitative estimate of drug-likeness (QED) is 0.370. The molecule has 1 amide bonds. The molecule has 0 saturated carbocycles. The van der Waals surface area contributed by atoms with Gasteiger partial charge in [-0.25, -0.2) is 4.40 Å². The molecular weight excluding hydrogens is 320 g/mol. The summed E-state index contributed by atoms with van der Waals surface area (Å²) in [7, 11) is 1.62. The minimum atomic E-state index is -0.555. The minimum Gasteiger partial charge on any atom is -0.496 e. The molecule has 0 aliphatic carbocycles. The zero-order chi connectivity index (χ0) is 17.5. The van der Waals surface area contributed by atoms with Crippen molar-refractivity contribution in [1.29, 1.82) is 0 Å². The van der Waals surface area contributed by atoms with Crippen molar-refractivity contribution in [3.8, 4) is 5.75 Å².